The van der Waals surface area contributed by atoms with Gasteiger partial charge in [-0.1, -0.05) is 39.8 Å². The number of nitrogens with one attached hydrogen (secondary N) is 1. The first-order valence-corrected chi connectivity index (χ1v) is 7.48. The monoisotopic (exact) mass is 263 g/mol. The van der Waals surface area contributed by atoms with Crippen molar-refractivity contribution in [2.75, 3.05) is 19.7 Å². The topological polar surface area (TPSA) is 21.3 Å². The zero-order valence-electron chi connectivity index (χ0n) is 13.1. The molecule has 2 nitrogen and oxygen atoms in total. The molecule has 2 heteroatoms. The Hall–Kier alpha value is -1.02. The van der Waals surface area contributed by atoms with Crippen molar-refractivity contribution in [1.29, 1.82) is 0 Å². The zero-order valence-corrected chi connectivity index (χ0v) is 13.1. The molecule has 1 N–H and O–H groups in total. The molecular weight excluding hydrogens is 234 g/mol. The van der Waals surface area contributed by atoms with Crippen LogP contribution in [0.3, 0.4) is 0 Å². The van der Waals surface area contributed by atoms with Gasteiger partial charge >= 0.3 is 0 Å². The average Bonchev–Trinajstić information content (AvgIpc) is 2.36. The van der Waals surface area contributed by atoms with Gasteiger partial charge in [0, 0.05) is 12.5 Å². The lowest BCUT2D eigenvalue weighted by molar-refractivity contribution is 0.253. The summed E-state index contributed by atoms with van der Waals surface area (Å²) in [5, 5.41) is 3.44. The number of hydrogen-bond donors (Lipinski definition) is 1. The van der Waals surface area contributed by atoms with Crippen molar-refractivity contribution in [3.63, 3.8) is 0 Å². The molecule has 0 fully saturated rings. The first-order chi connectivity index (χ1) is 9.04. The van der Waals surface area contributed by atoms with Crippen molar-refractivity contribution >= 4 is 0 Å². The second-order valence-electron chi connectivity index (χ2n) is 5.82. The Morgan fingerprint density at radius 3 is 2.58 bits per heavy atom. The van der Waals surface area contributed by atoms with Crippen molar-refractivity contribution in [2.45, 2.75) is 47.0 Å². The zero-order chi connectivity index (χ0) is 14.3. The quantitative estimate of drug-likeness (QED) is 0.712. The van der Waals surface area contributed by atoms with E-state index in [0.717, 1.165) is 25.4 Å². The van der Waals surface area contributed by atoms with E-state index in [2.05, 4.69) is 58.1 Å². The highest BCUT2D eigenvalue weighted by Crippen LogP contribution is 2.27. The molecule has 0 aromatic heterocycles. The van der Waals surface area contributed by atoms with Crippen LogP contribution in [0.4, 0.5) is 0 Å². The number of aryl methyl sites for hydroxylation is 1. The third-order valence-electron chi connectivity index (χ3n) is 3.23. The standard InChI is InChI=1S/C17H29NO/c1-6-9-18-11-15(5)12-19-17-10-14(4)7-8-16(17)13(2)3/h7-8,10,13,15,18H,6,9,11-12H2,1-5H3. The van der Waals surface area contributed by atoms with Crippen LogP contribution >= 0.6 is 0 Å². The van der Waals surface area contributed by atoms with Gasteiger partial charge in [0.2, 0.25) is 0 Å². The minimum Gasteiger partial charge on any atom is -0.493 e. The lowest BCUT2D eigenvalue weighted by atomic mass is 10.0. The van der Waals surface area contributed by atoms with Crippen LogP contribution in [0.25, 0.3) is 0 Å². The summed E-state index contributed by atoms with van der Waals surface area (Å²) in [4.78, 5) is 0. The van der Waals surface area contributed by atoms with E-state index in [1.165, 1.54) is 17.5 Å². The van der Waals surface area contributed by atoms with Gasteiger partial charge < -0.3 is 10.1 Å². The fourth-order valence-electron chi connectivity index (χ4n) is 2.06. The number of ether oxygens (including phenoxy) is 1. The summed E-state index contributed by atoms with van der Waals surface area (Å²) in [6, 6.07) is 6.51. The third-order valence-corrected chi connectivity index (χ3v) is 3.23. The predicted molar refractivity (Wildman–Crippen MR) is 83.1 cm³/mol. The molecule has 1 aromatic rings. The number of benzene rings is 1. The predicted octanol–water partition coefficient (Wildman–Crippen LogP) is 4.13. The van der Waals surface area contributed by atoms with Crippen LogP contribution in [-0.2, 0) is 0 Å². The summed E-state index contributed by atoms with van der Waals surface area (Å²) in [5.41, 5.74) is 2.57. The van der Waals surface area contributed by atoms with E-state index in [0.29, 0.717) is 11.8 Å². The fourth-order valence-corrected chi connectivity index (χ4v) is 2.06. The minimum atomic E-state index is 0.504. The van der Waals surface area contributed by atoms with Crippen LogP contribution < -0.4 is 10.1 Å². The molecule has 0 aliphatic rings. The molecule has 1 rings (SSSR count). The Morgan fingerprint density at radius 1 is 1.21 bits per heavy atom. The van der Waals surface area contributed by atoms with E-state index in [4.69, 9.17) is 4.74 Å². The average molecular weight is 263 g/mol. The van der Waals surface area contributed by atoms with E-state index in [1.807, 2.05) is 0 Å². The maximum atomic E-state index is 6.03. The lowest BCUT2D eigenvalue weighted by Gasteiger charge is -2.18. The van der Waals surface area contributed by atoms with Crippen LogP contribution in [-0.4, -0.2) is 19.7 Å². The van der Waals surface area contributed by atoms with Crippen molar-refractivity contribution in [2.24, 2.45) is 5.92 Å². The molecule has 19 heavy (non-hydrogen) atoms. The Morgan fingerprint density at radius 2 is 1.95 bits per heavy atom. The summed E-state index contributed by atoms with van der Waals surface area (Å²) in [5.74, 6) is 2.09. The summed E-state index contributed by atoms with van der Waals surface area (Å²) in [6.07, 6.45) is 1.18. The molecule has 0 amide bonds. The molecule has 0 saturated heterocycles. The molecule has 0 aliphatic carbocycles. The summed E-state index contributed by atoms with van der Waals surface area (Å²) in [6.45, 7) is 13.8. The van der Waals surface area contributed by atoms with Gasteiger partial charge in [0.25, 0.3) is 0 Å². The molecule has 108 valence electrons. The van der Waals surface area contributed by atoms with Gasteiger partial charge in [-0.05, 0) is 43.0 Å². The Kier molecular flexibility index (Phi) is 6.93. The molecule has 1 aromatic carbocycles. The fraction of sp³-hybridized carbons (Fsp3) is 0.647. The van der Waals surface area contributed by atoms with Gasteiger partial charge in [-0.25, -0.2) is 0 Å². The van der Waals surface area contributed by atoms with E-state index in [1.54, 1.807) is 0 Å². The Labute approximate surface area is 118 Å². The van der Waals surface area contributed by atoms with Crippen LogP contribution in [0.2, 0.25) is 0 Å². The summed E-state index contributed by atoms with van der Waals surface area (Å²) >= 11 is 0. The molecule has 0 saturated carbocycles. The van der Waals surface area contributed by atoms with Gasteiger partial charge in [0.15, 0.2) is 0 Å². The van der Waals surface area contributed by atoms with Gasteiger partial charge in [0.1, 0.15) is 5.75 Å². The Balaban J connectivity index is 2.54. The van der Waals surface area contributed by atoms with Crippen LogP contribution in [0, 0.1) is 12.8 Å². The van der Waals surface area contributed by atoms with E-state index in [-0.39, 0.29) is 0 Å². The normalized spacial score (nSPS) is 12.7. The van der Waals surface area contributed by atoms with Gasteiger partial charge in [-0.3, -0.25) is 0 Å². The molecule has 1 atom stereocenters. The van der Waals surface area contributed by atoms with Crippen LogP contribution in [0.15, 0.2) is 18.2 Å². The Bertz CT molecular complexity index is 374. The van der Waals surface area contributed by atoms with Crippen LogP contribution in [0.5, 0.6) is 5.75 Å². The van der Waals surface area contributed by atoms with Crippen molar-refractivity contribution < 1.29 is 4.74 Å². The van der Waals surface area contributed by atoms with E-state index in [9.17, 15) is 0 Å². The second kappa shape index (κ2) is 8.21. The molecule has 0 heterocycles. The smallest absolute Gasteiger partial charge is 0.123 e. The molecule has 0 radical (unpaired) electrons. The molecule has 0 aliphatic heterocycles. The van der Waals surface area contributed by atoms with Gasteiger partial charge in [0.05, 0.1) is 6.61 Å². The molecule has 0 bridgehead atoms. The highest BCUT2D eigenvalue weighted by atomic mass is 16.5. The highest BCUT2D eigenvalue weighted by Gasteiger charge is 2.09. The lowest BCUT2D eigenvalue weighted by Crippen LogP contribution is -2.25. The minimum absolute atomic E-state index is 0.504. The molecule has 1 unspecified atom stereocenters. The first kappa shape index (κ1) is 16.0. The van der Waals surface area contributed by atoms with Crippen molar-refractivity contribution in [3.05, 3.63) is 29.3 Å². The molecular formula is C17H29NO. The van der Waals surface area contributed by atoms with E-state index >= 15 is 0 Å². The maximum Gasteiger partial charge on any atom is 0.123 e. The van der Waals surface area contributed by atoms with Gasteiger partial charge in [-0.15, -0.1) is 0 Å². The first-order valence-electron chi connectivity index (χ1n) is 7.48. The number of rotatable bonds is 8. The second-order valence-corrected chi connectivity index (χ2v) is 5.82. The summed E-state index contributed by atoms with van der Waals surface area (Å²) in [7, 11) is 0. The SMILES string of the molecule is CCCNCC(C)COc1cc(C)ccc1C(C)C. The van der Waals surface area contributed by atoms with Gasteiger partial charge in [-0.2, -0.15) is 0 Å². The van der Waals surface area contributed by atoms with Crippen LogP contribution in [0.1, 0.15) is 51.2 Å². The maximum absolute atomic E-state index is 6.03. The third kappa shape index (κ3) is 5.65. The largest absolute Gasteiger partial charge is 0.493 e. The summed E-state index contributed by atoms with van der Waals surface area (Å²) < 4.78 is 6.03. The highest BCUT2D eigenvalue weighted by molar-refractivity contribution is 5.39. The van der Waals surface area contributed by atoms with Crippen molar-refractivity contribution in [3.8, 4) is 5.75 Å². The van der Waals surface area contributed by atoms with Crippen molar-refractivity contribution in [1.82, 2.24) is 5.32 Å². The molecule has 0 spiro atoms. The van der Waals surface area contributed by atoms with E-state index < -0.39 is 0 Å². The number of hydrogen-bond acceptors (Lipinski definition) is 2.